The molecule has 1 unspecified atom stereocenters. The lowest BCUT2D eigenvalue weighted by molar-refractivity contribution is -0.149. The number of nitrogens with zero attached hydrogens (tertiary/aromatic N) is 2. The van der Waals surface area contributed by atoms with Crippen molar-refractivity contribution in [1.29, 1.82) is 0 Å². The number of carbonyl (C=O) groups is 4. The van der Waals surface area contributed by atoms with Crippen molar-refractivity contribution < 1.29 is 28.3 Å². The quantitative estimate of drug-likeness (QED) is 0.433. The second-order valence-electron chi connectivity index (χ2n) is 8.36. The second kappa shape index (κ2) is 10.9. The van der Waals surface area contributed by atoms with Gasteiger partial charge in [0.05, 0.1) is 24.0 Å². The van der Waals surface area contributed by atoms with Gasteiger partial charge in [0.1, 0.15) is 5.82 Å². The van der Waals surface area contributed by atoms with Crippen molar-refractivity contribution in [2.75, 3.05) is 19.7 Å². The van der Waals surface area contributed by atoms with Crippen LogP contribution in [0.15, 0.2) is 53.4 Å². The van der Waals surface area contributed by atoms with E-state index < -0.39 is 17.0 Å². The van der Waals surface area contributed by atoms with Crippen LogP contribution in [-0.2, 0) is 20.9 Å². The Morgan fingerprint density at radius 1 is 1.17 bits per heavy atom. The number of imide groups is 1. The average molecular weight is 497 g/mol. The number of esters is 1. The smallest absolute Gasteiger partial charge is 0.310 e. The van der Waals surface area contributed by atoms with Crippen molar-refractivity contribution in [3.05, 3.63) is 75.9 Å². The molecule has 0 saturated carbocycles. The summed E-state index contributed by atoms with van der Waals surface area (Å²) in [5.41, 5.74) is 1.67. The van der Waals surface area contributed by atoms with Gasteiger partial charge in [0.2, 0.25) is 0 Å². The Morgan fingerprint density at radius 3 is 2.66 bits per heavy atom. The third kappa shape index (κ3) is 5.79. The van der Waals surface area contributed by atoms with Crippen molar-refractivity contribution in [3.8, 4) is 0 Å². The summed E-state index contributed by atoms with van der Waals surface area (Å²) in [4.78, 5) is 53.1. The highest BCUT2D eigenvalue weighted by Gasteiger charge is 2.35. The number of likely N-dealkylation sites (tertiary alicyclic amines) is 1. The number of hydrogen-bond donors (Lipinski definition) is 0. The number of carbonyl (C=O) groups excluding carboxylic acids is 4. The van der Waals surface area contributed by atoms with E-state index in [-0.39, 0.29) is 29.2 Å². The molecule has 3 amide bonds. The number of ether oxygens (including phenoxy) is 1. The Bertz CT molecular complexity index is 1180. The van der Waals surface area contributed by atoms with E-state index in [1.54, 1.807) is 48.2 Å². The Balaban J connectivity index is 1.42. The molecule has 2 fully saturated rings. The van der Waals surface area contributed by atoms with Gasteiger partial charge in [0.25, 0.3) is 17.1 Å². The van der Waals surface area contributed by atoms with Crippen molar-refractivity contribution in [3.63, 3.8) is 0 Å². The zero-order chi connectivity index (χ0) is 24.9. The van der Waals surface area contributed by atoms with Gasteiger partial charge in [-0.3, -0.25) is 24.1 Å². The maximum atomic E-state index is 13.4. The van der Waals surface area contributed by atoms with Gasteiger partial charge in [-0.05, 0) is 73.0 Å². The van der Waals surface area contributed by atoms with Crippen LogP contribution < -0.4 is 0 Å². The van der Waals surface area contributed by atoms with Gasteiger partial charge in [-0.1, -0.05) is 24.3 Å². The van der Waals surface area contributed by atoms with E-state index in [0.717, 1.165) is 23.1 Å². The summed E-state index contributed by atoms with van der Waals surface area (Å²) < 4.78 is 18.5. The van der Waals surface area contributed by atoms with Crippen LogP contribution in [-0.4, -0.2) is 52.5 Å². The first-order chi connectivity index (χ1) is 16.9. The molecule has 2 aromatic carbocycles. The number of halogens is 1. The molecule has 2 aromatic rings. The lowest BCUT2D eigenvalue weighted by Gasteiger charge is -2.31. The van der Waals surface area contributed by atoms with Gasteiger partial charge in [-0.15, -0.1) is 0 Å². The van der Waals surface area contributed by atoms with E-state index in [2.05, 4.69) is 0 Å². The molecule has 0 aromatic heterocycles. The molecule has 0 spiro atoms. The summed E-state index contributed by atoms with van der Waals surface area (Å²) in [5, 5.41) is -0.418. The number of thioether (sulfide) groups is 1. The predicted octanol–water partition coefficient (Wildman–Crippen LogP) is 4.48. The van der Waals surface area contributed by atoms with Crippen LogP contribution >= 0.6 is 11.8 Å². The number of rotatable bonds is 6. The third-order valence-electron chi connectivity index (χ3n) is 5.89. The van der Waals surface area contributed by atoms with Crippen LogP contribution in [0, 0.1) is 11.7 Å². The minimum atomic E-state index is -0.442. The fourth-order valence-corrected chi connectivity index (χ4v) is 4.96. The summed E-state index contributed by atoms with van der Waals surface area (Å²) in [7, 11) is 0. The second-order valence-corrected chi connectivity index (χ2v) is 9.36. The largest absolute Gasteiger partial charge is 0.466 e. The molecule has 9 heteroatoms. The molecule has 0 bridgehead atoms. The van der Waals surface area contributed by atoms with E-state index in [1.165, 1.54) is 18.2 Å². The Morgan fingerprint density at radius 2 is 1.94 bits per heavy atom. The molecule has 2 aliphatic rings. The Kier molecular flexibility index (Phi) is 7.65. The SMILES string of the molecule is CCOC(=O)C1CCCN(C(=O)c2ccc(/C=C3\SC(=O)N(Cc4cccc(F)c4)C3=O)cc2)C1. The molecule has 7 nitrogen and oxygen atoms in total. The number of benzene rings is 2. The minimum Gasteiger partial charge on any atom is -0.466 e. The van der Waals surface area contributed by atoms with Gasteiger partial charge in [0.15, 0.2) is 0 Å². The lowest BCUT2D eigenvalue weighted by atomic mass is 9.97. The van der Waals surface area contributed by atoms with E-state index in [9.17, 15) is 23.6 Å². The predicted molar refractivity (Wildman–Crippen MR) is 130 cm³/mol. The highest BCUT2D eigenvalue weighted by Crippen LogP contribution is 2.33. The minimum absolute atomic E-state index is 0.00413. The van der Waals surface area contributed by atoms with E-state index in [4.69, 9.17) is 4.74 Å². The van der Waals surface area contributed by atoms with Crippen molar-refractivity contribution >= 4 is 40.9 Å². The number of amides is 3. The van der Waals surface area contributed by atoms with Crippen LogP contribution in [0.2, 0.25) is 0 Å². The average Bonchev–Trinajstić information content (AvgIpc) is 3.11. The normalized spacial score (nSPS) is 19.4. The van der Waals surface area contributed by atoms with Crippen molar-refractivity contribution in [2.45, 2.75) is 26.3 Å². The molecular weight excluding hydrogens is 471 g/mol. The summed E-state index contributed by atoms with van der Waals surface area (Å²) in [6, 6.07) is 12.5. The maximum absolute atomic E-state index is 13.4. The molecule has 1 atom stereocenters. The summed E-state index contributed by atoms with van der Waals surface area (Å²) in [6.45, 7) is 2.98. The van der Waals surface area contributed by atoms with Crippen LogP contribution in [0.25, 0.3) is 6.08 Å². The van der Waals surface area contributed by atoms with Gasteiger partial charge in [-0.2, -0.15) is 0 Å². The Hall–Kier alpha value is -3.46. The highest BCUT2D eigenvalue weighted by molar-refractivity contribution is 8.18. The van der Waals surface area contributed by atoms with Gasteiger partial charge in [0, 0.05) is 18.7 Å². The Labute approximate surface area is 206 Å². The fraction of sp³-hybridized carbons (Fsp3) is 0.308. The molecule has 4 rings (SSSR count). The highest BCUT2D eigenvalue weighted by atomic mass is 32.2. The number of piperidine rings is 1. The van der Waals surface area contributed by atoms with Gasteiger partial charge < -0.3 is 9.64 Å². The lowest BCUT2D eigenvalue weighted by Crippen LogP contribution is -2.42. The zero-order valence-electron chi connectivity index (χ0n) is 19.2. The molecular formula is C26H25FN2O5S. The number of hydrogen-bond acceptors (Lipinski definition) is 6. The van der Waals surface area contributed by atoms with Crippen molar-refractivity contribution in [1.82, 2.24) is 9.80 Å². The zero-order valence-corrected chi connectivity index (χ0v) is 20.1. The summed E-state index contributed by atoms with van der Waals surface area (Å²) >= 11 is 0.826. The third-order valence-corrected chi connectivity index (χ3v) is 6.79. The molecule has 2 saturated heterocycles. The van der Waals surface area contributed by atoms with Gasteiger partial charge in [-0.25, -0.2) is 4.39 Å². The molecule has 35 heavy (non-hydrogen) atoms. The van der Waals surface area contributed by atoms with E-state index >= 15 is 0 Å². The standard InChI is InChI=1S/C26H25FN2O5S/c1-2-34-25(32)20-6-4-12-28(16-20)23(30)19-10-8-17(9-11-19)14-22-24(31)29(26(33)35-22)15-18-5-3-7-21(27)13-18/h3,5,7-11,13-14,20H,2,4,6,12,15-16H2,1H3/b22-14-. The summed E-state index contributed by atoms with van der Waals surface area (Å²) in [5.74, 6) is -1.62. The molecule has 2 heterocycles. The fourth-order valence-electron chi connectivity index (χ4n) is 4.12. The summed E-state index contributed by atoms with van der Waals surface area (Å²) in [6.07, 6.45) is 3.04. The first kappa shape index (κ1) is 24.7. The monoisotopic (exact) mass is 496 g/mol. The van der Waals surface area contributed by atoms with Crippen LogP contribution in [0.1, 0.15) is 41.3 Å². The van der Waals surface area contributed by atoms with Crippen LogP contribution in [0.5, 0.6) is 0 Å². The van der Waals surface area contributed by atoms with E-state index in [0.29, 0.717) is 42.8 Å². The topological polar surface area (TPSA) is 84.0 Å². The van der Waals surface area contributed by atoms with Crippen LogP contribution in [0.4, 0.5) is 9.18 Å². The first-order valence-corrected chi connectivity index (χ1v) is 12.2. The molecule has 2 aliphatic heterocycles. The molecule has 182 valence electrons. The van der Waals surface area contributed by atoms with Crippen LogP contribution in [0.3, 0.4) is 0 Å². The molecule has 0 aliphatic carbocycles. The molecule has 0 N–H and O–H groups in total. The maximum Gasteiger partial charge on any atom is 0.310 e. The first-order valence-electron chi connectivity index (χ1n) is 11.4. The molecule has 0 radical (unpaired) electrons. The van der Waals surface area contributed by atoms with E-state index in [1.807, 2.05) is 0 Å². The van der Waals surface area contributed by atoms with Crippen molar-refractivity contribution in [2.24, 2.45) is 5.92 Å². The van der Waals surface area contributed by atoms with Gasteiger partial charge >= 0.3 is 5.97 Å².